The molecule has 1 heterocycles. The van der Waals surface area contributed by atoms with Gasteiger partial charge in [0.25, 0.3) is 11.8 Å². The lowest BCUT2D eigenvalue weighted by atomic mass is 10.2. The van der Waals surface area contributed by atoms with Crippen LogP contribution in [0.15, 0.2) is 12.2 Å². The van der Waals surface area contributed by atoms with Gasteiger partial charge in [0, 0.05) is 18.7 Å². The maximum Gasteiger partial charge on any atom is 0.254 e. The second kappa shape index (κ2) is 6.80. The fourth-order valence-electron chi connectivity index (χ4n) is 1.46. The molecule has 0 fully saturated rings. The summed E-state index contributed by atoms with van der Waals surface area (Å²) in [6.45, 7) is 0.987. The summed E-state index contributed by atoms with van der Waals surface area (Å²) in [5.74, 6) is -1.19. The number of nitrogens with zero attached hydrogens (tertiary/aromatic N) is 1. The molecule has 94 valence electrons. The van der Waals surface area contributed by atoms with E-state index >= 15 is 0 Å². The number of nitrogens with one attached hydrogen (secondary N) is 1. The second-order valence-electron chi connectivity index (χ2n) is 3.80. The number of rotatable bonds is 7. The molecule has 0 radical (unpaired) electrons. The monoisotopic (exact) mass is 239 g/mol. The van der Waals surface area contributed by atoms with Crippen molar-refractivity contribution in [2.24, 2.45) is 5.73 Å². The van der Waals surface area contributed by atoms with Crippen LogP contribution in [0.4, 0.5) is 0 Å². The molecule has 3 N–H and O–H groups in total. The molecular weight excluding hydrogens is 222 g/mol. The molecular formula is C11H17N3O3. The number of amides is 3. The van der Waals surface area contributed by atoms with Crippen LogP contribution in [0.2, 0.25) is 0 Å². The van der Waals surface area contributed by atoms with E-state index < -0.39 is 11.8 Å². The first kappa shape index (κ1) is 13.4. The molecule has 0 aromatic carbocycles. The molecule has 1 rings (SSSR count). The summed E-state index contributed by atoms with van der Waals surface area (Å²) in [7, 11) is 0. The van der Waals surface area contributed by atoms with Crippen molar-refractivity contribution in [1.29, 1.82) is 0 Å². The van der Waals surface area contributed by atoms with Crippen LogP contribution in [-0.2, 0) is 14.4 Å². The third kappa shape index (κ3) is 4.36. The topological polar surface area (TPSA) is 92.5 Å². The van der Waals surface area contributed by atoms with Crippen LogP contribution in [0, 0.1) is 0 Å². The van der Waals surface area contributed by atoms with Gasteiger partial charge in [0.05, 0.1) is 0 Å². The van der Waals surface area contributed by atoms with Crippen molar-refractivity contribution in [3.05, 3.63) is 12.2 Å². The summed E-state index contributed by atoms with van der Waals surface area (Å²) in [5.41, 5.74) is 5.33. The number of hydrogen-bond acceptors (Lipinski definition) is 4. The van der Waals surface area contributed by atoms with E-state index in [0.717, 1.165) is 36.3 Å². The van der Waals surface area contributed by atoms with E-state index in [4.69, 9.17) is 5.73 Å². The van der Waals surface area contributed by atoms with E-state index in [9.17, 15) is 14.4 Å². The van der Waals surface area contributed by atoms with Crippen molar-refractivity contribution < 1.29 is 14.4 Å². The predicted octanol–water partition coefficient (Wildman–Crippen LogP) is -0.843. The summed E-state index contributed by atoms with van der Waals surface area (Å²) < 4.78 is 0. The number of hydrogen-bond donors (Lipinski definition) is 2. The molecule has 0 aliphatic carbocycles. The van der Waals surface area contributed by atoms with Crippen molar-refractivity contribution >= 4 is 17.7 Å². The van der Waals surface area contributed by atoms with E-state index in [1.54, 1.807) is 0 Å². The molecule has 1 aliphatic rings. The van der Waals surface area contributed by atoms with Crippen molar-refractivity contribution in [2.75, 3.05) is 19.6 Å². The van der Waals surface area contributed by atoms with Crippen LogP contribution in [0.25, 0.3) is 0 Å². The third-order valence-electron chi connectivity index (χ3n) is 2.41. The maximum atomic E-state index is 11.4. The van der Waals surface area contributed by atoms with Gasteiger partial charge in [-0.1, -0.05) is 6.42 Å². The molecule has 0 bridgehead atoms. The lowest BCUT2D eigenvalue weighted by Gasteiger charge is -2.13. The zero-order valence-corrected chi connectivity index (χ0v) is 9.65. The highest BCUT2D eigenvalue weighted by atomic mass is 16.2. The van der Waals surface area contributed by atoms with Crippen LogP contribution in [-0.4, -0.2) is 42.3 Å². The summed E-state index contributed by atoms with van der Waals surface area (Å²) in [6, 6.07) is 0. The van der Waals surface area contributed by atoms with E-state index in [0.29, 0.717) is 13.1 Å². The molecule has 0 unspecified atom stereocenters. The van der Waals surface area contributed by atoms with Gasteiger partial charge in [0.2, 0.25) is 5.91 Å². The average Bonchev–Trinajstić information content (AvgIpc) is 2.60. The summed E-state index contributed by atoms with van der Waals surface area (Å²) in [5, 5.41) is 2.66. The minimum Gasteiger partial charge on any atom is -0.355 e. The number of unbranched alkanes of at least 4 members (excludes halogenated alkanes) is 2. The van der Waals surface area contributed by atoms with E-state index in [1.165, 1.54) is 0 Å². The van der Waals surface area contributed by atoms with Gasteiger partial charge in [-0.05, 0) is 19.4 Å². The first-order valence-electron chi connectivity index (χ1n) is 5.65. The summed E-state index contributed by atoms with van der Waals surface area (Å²) in [4.78, 5) is 34.6. The summed E-state index contributed by atoms with van der Waals surface area (Å²) >= 11 is 0. The van der Waals surface area contributed by atoms with E-state index in [-0.39, 0.29) is 12.5 Å². The quantitative estimate of drug-likeness (QED) is 0.447. The Labute approximate surface area is 99.8 Å². The first-order valence-corrected chi connectivity index (χ1v) is 5.65. The molecule has 0 saturated heterocycles. The molecule has 3 amide bonds. The Kier molecular flexibility index (Phi) is 5.35. The van der Waals surface area contributed by atoms with Gasteiger partial charge < -0.3 is 11.1 Å². The SMILES string of the molecule is NCCCCCNC(=O)CN1C(=O)C=CC1=O. The zero-order chi connectivity index (χ0) is 12.7. The third-order valence-corrected chi connectivity index (χ3v) is 2.41. The molecule has 6 heteroatoms. The Hall–Kier alpha value is -1.69. The lowest BCUT2D eigenvalue weighted by molar-refractivity contribution is -0.141. The normalized spacial score (nSPS) is 14.5. The van der Waals surface area contributed by atoms with Crippen LogP contribution >= 0.6 is 0 Å². The van der Waals surface area contributed by atoms with Crippen LogP contribution in [0.5, 0.6) is 0 Å². The van der Waals surface area contributed by atoms with Crippen molar-refractivity contribution in [3.63, 3.8) is 0 Å². The fraction of sp³-hybridized carbons (Fsp3) is 0.545. The van der Waals surface area contributed by atoms with Gasteiger partial charge in [0.1, 0.15) is 6.54 Å². The largest absolute Gasteiger partial charge is 0.355 e. The second-order valence-corrected chi connectivity index (χ2v) is 3.80. The number of nitrogens with two attached hydrogens (primary N) is 1. The van der Waals surface area contributed by atoms with Crippen molar-refractivity contribution in [1.82, 2.24) is 10.2 Å². The van der Waals surface area contributed by atoms with Crippen LogP contribution < -0.4 is 11.1 Å². The highest BCUT2D eigenvalue weighted by Gasteiger charge is 2.25. The van der Waals surface area contributed by atoms with Gasteiger partial charge in [-0.3, -0.25) is 19.3 Å². The smallest absolute Gasteiger partial charge is 0.254 e. The first-order chi connectivity index (χ1) is 8.15. The highest BCUT2D eigenvalue weighted by molar-refractivity contribution is 6.14. The van der Waals surface area contributed by atoms with Gasteiger partial charge in [-0.2, -0.15) is 0 Å². The number of imide groups is 1. The Morgan fingerprint density at radius 1 is 1.18 bits per heavy atom. The molecule has 17 heavy (non-hydrogen) atoms. The van der Waals surface area contributed by atoms with Crippen LogP contribution in [0.1, 0.15) is 19.3 Å². The lowest BCUT2D eigenvalue weighted by Crippen LogP contribution is -2.40. The van der Waals surface area contributed by atoms with E-state index in [2.05, 4.69) is 5.32 Å². The van der Waals surface area contributed by atoms with Crippen molar-refractivity contribution in [2.45, 2.75) is 19.3 Å². The molecule has 0 aromatic heterocycles. The molecule has 6 nitrogen and oxygen atoms in total. The van der Waals surface area contributed by atoms with Gasteiger partial charge in [0.15, 0.2) is 0 Å². The van der Waals surface area contributed by atoms with Gasteiger partial charge in [-0.15, -0.1) is 0 Å². The number of carbonyl (C=O) groups is 3. The number of carbonyl (C=O) groups excluding carboxylic acids is 3. The molecule has 0 aromatic rings. The Bertz CT molecular complexity index is 321. The Balaban J connectivity index is 2.17. The fourth-order valence-corrected chi connectivity index (χ4v) is 1.46. The highest BCUT2D eigenvalue weighted by Crippen LogP contribution is 2.02. The van der Waals surface area contributed by atoms with Crippen molar-refractivity contribution in [3.8, 4) is 0 Å². The molecule has 0 spiro atoms. The molecule has 1 aliphatic heterocycles. The Morgan fingerprint density at radius 2 is 1.82 bits per heavy atom. The minimum absolute atomic E-state index is 0.207. The maximum absolute atomic E-state index is 11.4. The molecule has 0 atom stereocenters. The summed E-state index contributed by atoms with van der Waals surface area (Å²) in [6.07, 6.45) is 5.07. The van der Waals surface area contributed by atoms with Gasteiger partial charge >= 0.3 is 0 Å². The Morgan fingerprint density at radius 3 is 2.41 bits per heavy atom. The van der Waals surface area contributed by atoms with E-state index in [1.807, 2.05) is 0 Å². The standard InChI is InChI=1S/C11H17N3O3/c12-6-2-1-3-7-13-9(15)8-14-10(16)4-5-11(14)17/h4-5H,1-3,6-8,12H2,(H,13,15). The predicted molar refractivity (Wildman–Crippen MR) is 61.8 cm³/mol. The average molecular weight is 239 g/mol. The van der Waals surface area contributed by atoms with Gasteiger partial charge in [-0.25, -0.2) is 0 Å². The zero-order valence-electron chi connectivity index (χ0n) is 9.65. The molecule has 0 saturated carbocycles. The van der Waals surface area contributed by atoms with Crippen LogP contribution in [0.3, 0.4) is 0 Å². The minimum atomic E-state index is -0.437.